The Bertz CT molecular complexity index is 1070. The van der Waals surface area contributed by atoms with Crippen molar-refractivity contribution in [3.63, 3.8) is 0 Å². The van der Waals surface area contributed by atoms with Gasteiger partial charge in [0.15, 0.2) is 0 Å². The van der Waals surface area contributed by atoms with E-state index in [0.717, 1.165) is 24.0 Å². The molecule has 1 atom stereocenters. The van der Waals surface area contributed by atoms with Crippen molar-refractivity contribution in [1.29, 1.82) is 0 Å². The van der Waals surface area contributed by atoms with Crippen molar-refractivity contribution < 1.29 is 14.3 Å². The van der Waals surface area contributed by atoms with Gasteiger partial charge in [0.2, 0.25) is 5.91 Å². The number of hydrogen-bond acceptors (Lipinski definition) is 3. The molecule has 1 aliphatic rings. The van der Waals surface area contributed by atoms with E-state index in [1.54, 1.807) is 24.3 Å². The molecule has 1 saturated heterocycles. The highest BCUT2D eigenvalue weighted by molar-refractivity contribution is 6.30. The maximum atomic E-state index is 13.5. The van der Waals surface area contributed by atoms with E-state index in [1.807, 2.05) is 53.4 Å². The van der Waals surface area contributed by atoms with Gasteiger partial charge < -0.3 is 15.0 Å². The van der Waals surface area contributed by atoms with Crippen LogP contribution in [-0.4, -0.2) is 41.9 Å². The van der Waals surface area contributed by atoms with Crippen LogP contribution in [0.25, 0.3) is 0 Å². The van der Waals surface area contributed by atoms with Gasteiger partial charge in [-0.15, -0.1) is 0 Å². The lowest BCUT2D eigenvalue weighted by Crippen LogP contribution is -2.52. The summed E-state index contributed by atoms with van der Waals surface area (Å²) in [7, 11) is 0. The van der Waals surface area contributed by atoms with Gasteiger partial charge in [-0.3, -0.25) is 9.59 Å². The molecule has 3 aromatic rings. The molecule has 0 aromatic heterocycles. The molecular formula is C28H29ClN2O3. The van der Waals surface area contributed by atoms with Crippen molar-refractivity contribution in [2.24, 2.45) is 0 Å². The highest BCUT2D eigenvalue weighted by Crippen LogP contribution is 2.18. The second-order valence-electron chi connectivity index (χ2n) is 8.54. The first-order valence-electron chi connectivity index (χ1n) is 11.6. The van der Waals surface area contributed by atoms with Crippen molar-refractivity contribution in [3.05, 3.63) is 107 Å². The van der Waals surface area contributed by atoms with E-state index < -0.39 is 6.04 Å². The fourth-order valence-corrected chi connectivity index (χ4v) is 4.27. The maximum absolute atomic E-state index is 13.5. The SMILES string of the molecule is O=C(NC(Cc1ccccc1)C(=O)N1CCC(OCc2ccccc2)CC1)c1ccc(Cl)cc1. The molecule has 0 aliphatic carbocycles. The third-order valence-electron chi connectivity index (χ3n) is 6.07. The molecule has 6 heteroatoms. The molecule has 0 saturated carbocycles. The summed E-state index contributed by atoms with van der Waals surface area (Å²) in [4.78, 5) is 28.2. The maximum Gasteiger partial charge on any atom is 0.251 e. The molecular weight excluding hydrogens is 448 g/mol. The Morgan fingerprint density at radius 1 is 0.882 bits per heavy atom. The topological polar surface area (TPSA) is 58.6 Å². The van der Waals surface area contributed by atoms with Gasteiger partial charge in [0.05, 0.1) is 12.7 Å². The van der Waals surface area contributed by atoms with Crippen LogP contribution in [0.3, 0.4) is 0 Å². The molecule has 34 heavy (non-hydrogen) atoms. The number of nitrogens with one attached hydrogen (secondary N) is 1. The van der Waals surface area contributed by atoms with Crippen molar-refractivity contribution in [2.45, 2.75) is 38.0 Å². The Hall–Kier alpha value is -3.15. The van der Waals surface area contributed by atoms with E-state index in [0.29, 0.717) is 36.7 Å². The first-order chi connectivity index (χ1) is 16.6. The number of likely N-dealkylation sites (tertiary alicyclic amines) is 1. The highest BCUT2D eigenvalue weighted by Gasteiger charge is 2.30. The summed E-state index contributed by atoms with van der Waals surface area (Å²) in [6.45, 7) is 1.80. The number of carbonyl (C=O) groups excluding carboxylic acids is 2. The van der Waals surface area contributed by atoms with E-state index >= 15 is 0 Å². The Labute approximate surface area is 205 Å². The predicted molar refractivity (Wildman–Crippen MR) is 134 cm³/mol. The van der Waals surface area contributed by atoms with E-state index in [9.17, 15) is 9.59 Å². The Morgan fingerprint density at radius 3 is 2.09 bits per heavy atom. The fourth-order valence-electron chi connectivity index (χ4n) is 4.14. The molecule has 3 aromatic carbocycles. The van der Waals surface area contributed by atoms with Gasteiger partial charge in [0.1, 0.15) is 6.04 Å². The molecule has 0 spiro atoms. The molecule has 0 radical (unpaired) electrons. The normalized spacial score (nSPS) is 15.0. The quantitative estimate of drug-likeness (QED) is 0.503. The molecule has 1 heterocycles. The number of rotatable bonds is 8. The molecule has 4 rings (SSSR count). The molecule has 0 bridgehead atoms. The largest absolute Gasteiger partial charge is 0.373 e. The zero-order valence-electron chi connectivity index (χ0n) is 19.0. The molecule has 1 N–H and O–H groups in total. The van der Waals surface area contributed by atoms with Crippen molar-refractivity contribution >= 4 is 23.4 Å². The van der Waals surface area contributed by atoms with E-state index in [-0.39, 0.29) is 17.9 Å². The number of piperidine rings is 1. The van der Waals surface area contributed by atoms with Gasteiger partial charge >= 0.3 is 0 Å². The summed E-state index contributed by atoms with van der Waals surface area (Å²) < 4.78 is 6.07. The predicted octanol–water partition coefficient (Wildman–Crippen LogP) is 4.89. The van der Waals surface area contributed by atoms with Gasteiger partial charge in [-0.05, 0) is 48.2 Å². The number of hydrogen-bond donors (Lipinski definition) is 1. The van der Waals surface area contributed by atoms with Crippen molar-refractivity contribution in [1.82, 2.24) is 10.2 Å². The zero-order chi connectivity index (χ0) is 23.8. The van der Waals surface area contributed by atoms with Crippen LogP contribution in [0.5, 0.6) is 0 Å². The Morgan fingerprint density at radius 2 is 1.47 bits per heavy atom. The number of carbonyl (C=O) groups is 2. The minimum absolute atomic E-state index is 0.0623. The first kappa shape index (κ1) is 24.0. The number of amides is 2. The lowest BCUT2D eigenvalue weighted by molar-refractivity contribution is -0.136. The standard InChI is InChI=1S/C28H29ClN2O3/c29-24-13-11-23(12-14-24)27(32)30-26(19-21-7-3-1-4-8-21)28(33)31-17-15-25(16-18-31)34-20-22-9-5-2-6-10-22/h1-14,25-26H,15-20H2,(H,30,32). The molecule has 1 fully saturated rings. The van der Waals surface area contributed by atoms with Gasteiger partial charge in [-0.1, -0.05) is 72.3 Å². The number of nitrogens with zero attached hydrogens (tertiary/aromatic N) is 1. The smallest absolute Gasteiger partial charge is 0.251 e. The molecule has 176 valence electrons. The van der Waals surface area contributed by atoms with Crippen LogP contribution < -0.4 is 5.32 Å². The van der Waals surface area contributed by atoms with Crippen LogP contribution in [0.1, 0.15) is 34.3 Å². The summed E-state index contributed by atoms with van der Waals surface area (Å²) in [5, 5.41) is 3.51. The third-order valence-corrected chi connectivity index (χ3v) is 6.33. The number of benzene rings is 3. The summed E-state index contributed by atoms with van der Waals surface area (Å²) in [5.74, 6) is -0.347. The molecule has 1 aliphatic heterocycles. The van der Waals surface area contributed by atoms with Crippen LogP contribution in [0, 0.1) is 0 Å². The van der Waals surface area contributed by atoms with Gasteiger partial charge in [-0.25, -0.2) is 0 Å². The Kier molecular flexibility index (Phi) is 8.34. The van der Waals surface area contributed by atoms with Crippen LogP contribution in [0.4, 0.5) is 0 Å². The first-order valence-corrected chi connectivity index (χ1v) is 12.0. The van der Waals surface area contributed by atoms with E-state index in [4.69, 9.17) is 16.3 Å². The molecule has 2 amide bonds. The zero-order valence-corrected chi connectivity index (χ0v) is 19.8. The number of halogens is 1. The van der Waals surface area contributed by atoms with Gasteiger partial charge in [0.25, 0.3) is 5.91 Å². The number of ether oxygens (including phenoxy) is 1. The summed E-state index contributed by atoms with van der Waals surface area (Å²) in [6.07, 6.45) is 2.12. The van der Waals surface area contributed by atoms with Crippen molar-refractivity contribution in [2.75, 3.05) is 13.1 Å². The van der Waals surface area contributed by atoms with Crippen LogP contribution in [0.2, 0.25) is 5.02 Å². The summed E-state index contributed by atoms with van der Waals surface area (Å²) >= 11 is 5.95. The highest BCUT2D eigenvalue weighted by atomic mass is 35.5. The monoisotopic (exact) mass is 476 g/mol. The second kappa shape index (κ2) is 11.8. The van der Waals surface area contributed by atoms with Crippen LogP contribution in [0.15, 0.2) is 84.9 Å². The summed E-state index contributed by atoms with van der Waals surface area (Å²) in [6, 6.07) is 25.9. The average Bonchev–Trinajstić information content (AvgIpc) is 2.88. The van der Waals surface area contributed by atoms with Gasteiger partial charge in [-0.2, -0.15) is 0 Å². The third kappa shape index (κ3) is 6.69. The van der Waals surface area contributed by atoms with Crippen molar-refractivity contribution in [3.8, 4) is 0 Å². The Balaban J connectivity index is 1.37. The van der Waals surface area contributed by atoms with Crippen LogP contribution >= 0.6 is 11.6 Å². The van der Waals surface area contributed by atoms with E-state index in [1.165, 1.54) is 0 Å². The minimum Gasteiger partial charge on any atom is -0.373 e. The second-order valence-corrected chi connectivity index (χ2v) is 8.98. The average molecular weight is 477 g/mol. The lowest BCUT2D eigenvalue weighted by atomic mass is 10.0. The van der Waals surface area contributed by atoms with Crippen LogP contribution in [-0.2, 0) is 22.6 Å². The fraction of sp³-hybridized carbons (Fsp3) is 0.286. The lowest BCUT2D eigenvalue weighted by Gasteiger charge is -2.34. The molecule has 1 unspecified atom stereocenters. The van der Waals surface area contributed by atoms with E-state index in [2.05, 4.69) is 17.4 Å². The van der Waals surface area contributed by atoms with Gasteiger partial charge in [0, 0.05) is 30.1 Å². The summed E-state index contributed by atoms with van der Waals surface area (Å²) in [5.41, 5.74) is 2.62. The molecule has 5 nitrogen and oxygen atoms in total. The minimum atomic E-state index is -0.646.